The molecule has 0 fully saturated rings. The number of carbonyl (C=O) groups excluding carboxylic acids is 2. The molecule has 0 amide bonds. The molecule has 33 heavy (non-hydrogen) atoms. The van der Waals surface area contributed by atoms with E-state index in [1.54, 1.807) is 72.8 Å². The van der Waals surface area contributed by atoms with Crippen LogP contribution in [0.2, 0.25) is 0 Å². The van der Waals surface area contributed by atoms with Crippen LogP contribution >= 0.6 is 0 Å². The van der Waals surface area contributed by atoms with Gasteiger partial charge in [-0.3, -0.25) is 0 Å². The number of nitrogens with zero attached hydrogens (tertiary/aromatic N) is 1. The van der Waals surface area contributed by atoms with E-state index < -0.39 is 11.9 Å². The van der Waals surface area contributed by atoms with Gasteiger partial charge in [-0.25, -0.2) is 14.6 Å². The SMILES string of the molecule is CCOc1ccc(C2=N/C(=C\c3ccc(OC(=O)c4ccccc4)c(OC)c3)C(=O)O2)cc1. The minimum absolute atomic E-state index is 0.148. The molecule has 7 nitrogen and oxygen atoms in total. The van der Waals surface area contributed by atoms with Crippen molar-refractivity contribution in [3.05, 3.63) is 95.2 Å². The molecule has 0 radical (unpaired) electrons. The first-order valence-corrected chi connectivity index (χ1v) is 10.3. The molecule has 7 heteroatoms. The molecular weight excluding hydrogens is 422 g/mol. The molecule has 166 valence electrons. The summed E-state index contributed by atoms with van der Waals surface area (Å²) < 4.78 is 21.6. The number of hydrogen-bond donors (Lipinski definition) is 0. The van der Waals surface area contributed by atoms with Crippen LogP contribution in [0, 0.1) is 0 Å². The third-order valence-corrected chi connectivity index (χ3v) is 4.74. The van der Waals surface area contributed by atoms with Gasteiger partial charge in [0.1, 0.15) is 5.75 Å². The van der Waals surface area contributed by atoms with Gasteiger partial charge in [-0.05, 0) is 67.1 Å². The standard InChI is InChI=1S/C26H21NO6/c1-3-31-20-12-10-18(11-13-20)24-27-21(26(29)33-24)15-17-9-14-22(23(16-17)30-2)32-25(28)19-7-5-4-6-8-19/h4-16H,3H2,1-2H3/b21-15-. The van der Waals surface area contributed by atoms with Crippen molar-refractivity contribution >= 4 is 23.9 Å². The maximum atomic E-state index is 12.3. The Morgan fingerprint density at radius 2 is 1.76 bits per heavy atom. The van der Waals surface area contributed by atoms with E-state index in [2.05, 4.69) is 4.99 Å². The van der Waals surface area contributed by atoms with E-state index in [4.69, 9.17) is 18.9 Å². The monoisotopic (exact) mass is 443 g/mol. The first-order chi connectivity index (χ1) is 16.1. The van der Waals surface area contributed by atoms with Crippen molar-refractivity contribution in [1.82, 2.24) is 0 Å². The van der Waals surface area contributed by atoms with Gasteiger partial charge in [-0.2, -0.15) is 0 Å². The Labute approximate surface area is 190 Å². The number of cyclic esters (lactones) is 1. The highest BCUT2D eigenvalue weighted by atomic mass is 16.6. The maximum absolute atomic E-state index is 12.3. The fraction of sp³-hybridized carbons (Fsp3) is 0.115. The minimum atomic E-state index is -0.558. The molecule has 0 atom stereocenters. The topological polar surface area (TPSA) is 83.4 Å². The summed E-state index contributed by atoms with van der Waals surface area (Å²) in [5.41, 5.74) is 1.87. The summed E-state index contributed by atoms with van der Waals surface area (Å²) in [4.78, 5) is 29.0. The Morgan fingerprint density at radius 3 is 2.45 bits per heavy atom. The van der Waals surface area contributed by atoms with Gasteiger partial charge in [0.05, 0.1) is 19.3 Å². The van der Waals surface area contributed by atoms with Gasteiger partial charge in [0, 0.05) is 5.56 Å². The Hall–Kier alpha value is -4.39. The van der Waals surface area contributed by atoms with Gasteiger partial charge in [0.2, 0.25) is 5.90 Å². The van der Waals surface area contributed by atoms with Crippen LogP contribution in [-0.4, -0.2) is 31.6 Å². The molecule has 1 aliphatic heterocycles. The van der Waals surface area contributed by atoms with E-state index in [1.165, 1.54) is 7.11 Å². The van der Waals surface area contributed by atoms with Gasteiger partial charge in [-0.15, -0.1) is 0 Å². The summed E-state index contributed by atoms with van der Waals surface area (Å²) in [7, 11) is 1.47. The lowest BCUT2D eigenvalue weighted by molar-refractivity contribution is -0.129. The van der Waals surface area contributed by atoms with Crippen LogP contribution in [0.15, 0.2) is 83.5 Å². The number of ether oxygens (including phenoxy) is 4. The van der Waals surface area contributed by atoms with Crippen molar-refractivity contribution in [2.24, 2.45) is 4.99 Å². The van der Waals surface area contributed by atoms with Crippen LogP contribution in [0.1, 0.15) is 28.4 Å². The van der Waals surface area contributed by atoms with Gasteiger partial charge >= 0.3 is 11.9 Å². The maximum Gasteiger partial charge on any atom is 0.363 e. The molecule has 0 saturated heterocycles. The van der Waals surface area contributed by atoms with Crippen LogP contribution in [-0.2, 0) is 9.53 Å². The summed E-state index contributed by atoms with van der Waals surface area (Å²) in [5, 5.41) is 0. The molecule has 0 unspecified atom stereocenters. The fourth-order valence-corrected chi connectivity index (χ4v) is 3.14. The van der Waals surface area contributed by atoms with E-state index in [1.807, 2.05) is 13.0 Å². The molecule has 3 aromatic rings. The molecule has 0 aromatic heterocycles. The third-order valence-electron chi connectivity index (χ3n) is 4.74. The zero-order valence-electron chi connectivity index (χ0n) is 18.1. The Bertz CT molecular complexity index is 1230. The molecule has 0 saturated carbocycles. The summed E-state index contributed by atoms with van der Waals surface area (Å²) in [5.74, 6) is 0.495. The smallest absolute Gasteiger partial charge is 0.363 e. The predicted molar refractivity (Wildman–Crippen MR) is 123 cm³/mol. The Balaban J connectivity index is 1.54. The quantitative estimate of drug-likeness (QED) is 0.300. The average molecular weight is 443 g/mol. The van der Waals surface area contributed by atoms with Crippen molar-refractivity contribution in [1.29, 1.82) is 0 Å². The number of carbonyl (C=O) groups is 2. The van der Waals surface area contributed by atoms with Crippen molar-refractivity contribution in [2.45, 2.75) is 6.92 Å². The van der Waals surface area contributed by atoms with Crippen LogP contribution in [0.3, 0.4) is 0 Å². The zero-order valence-corrected chi connectivity index (χ0v) is 18.1. The second-order valence-corrected chi connectivity index (χ2v) is 6.96. The summed E-state index contributed by atoms with van der Waals surface area (Å²) in [6.45, 7) is 2.47. The predicted octanol–water partition coefficient (Wildman–Crippen LogP) is 4.66. The first kappa shape index (κ1) is 21.8. The highest BCUT2D eigenvalue weighted by Crippen LogP contribution is 2.30. The van der Waals surface area contributed by atoms with E-state index in [9.17, 15) is 9.59 Å². The van der Waals surface area contributed by atoms with E-state index in [0.717, 1.165) is 5.75 Å². The average Bonchev–Trinajstić information content (AvgIpc) is 3.21. The number of rotatable bonds is 7. The van der Waals surface area contributed by atoms with Crippen molar-refractivity contribution in [2.75, 3.05) is 13.7 Å². The minimum Gasteiger partial charge on any atom is -0.494 e. The highest BCUT2D eigenvalue weighted by molar-refractivity contribution is 6.12. The molecular formula is C26H21NO6. The molecule has 4 rings (SSSR count). The number of methoxy groups -OCH3 is 1. The lowest BCUT2D eigenvalue weighted by atomic mass is 10.1. The van der Waals surface area contributed by atoms with Crippen molar-refractivity contribution < 1.29 is 28.5 Å². The molecule has 0 N–H and O–H groups in total. The zero-order chi connectivity index (χ0) is 23.2. The number of esters is 2. The molecule has 1 heterocycles. The van der Waals surface area contributed by atoms with Gasteiger partial charge in [0.15, 0.2) is 17.2 Å². The molecule has 0 bridgehead atoms. The third kappa shape index (κ3) is 5.10. The second kappa shape index (κ2) is 9.82. The molecule has 1 aliphatic rings. The summed E-state index contributed by atoms with van der Waals surface area (Å²) >= 11 is 0. The second-order valence-electron chi connectivity index (χ2n) is 6.96. The first-order valence-electron chi connectivity index (χ1n) is 10.3. The van der Waals surface area contributed by atoms with Gasteiger partial charge in [-0.1, -0.05) is 24.3 Å². The Kier molecular flexibility index (Phi) is 6.50. The number of benzene rings is 3. The highest BCUT2D eigenvalue weighted by Gasteiger charge is 2.24. The normalized spacial score (nSPS) is 13.9. The molecule has 0 aliphatic carbocycles. The fourth-order valence-electron chi connectivity index (χ4n) is 3.14. The van der Waals surface area contributed by atoms with Crippen LogP contribution in [0.5, 0.6) is 17.2 Å². The lowest BCUT2D eigenvalue weighted by Crippen LogP contribution is -2.09. The van der Waals surface area contributed by atoms with Crippen LogP contribution in [0.4, 0.5) is 0 Å². The van der Waals surface area contributed by atoms with Crippen molar-refractivity contribution in [3.8, 4) is 17.2 Å². The van der Waals surface area contributed by atoms with Crippen LogP contribution < -0.4 is 14.2 Å². The van der Waals surface area contributed by atoms with Crippen LogP contribution in [0.25, 0.3) is 6.08 Å². The molecule has 3 aromatic carbocycles. The lowest BCUT2D eigenvalue weighted by Gasteiger charge is -2.10. The Morgan fingerprint density at radius 1 is 1.00 bits per heavy atom. The largest absolute Gasteiger partial charge is 0.494 e. The summed E-state index contributed by atoms with van der Waals surface area (Å²) in [6, 6.07) is 20.7. The van der Waals surface area contributed by atoms with E-state index >= 15 is 0 Å². The number of hydrogen-bond acceptors (Lipinski definition) is 7. The van der Waals surface area contributed by atoms with E-state index in [0.29, 0.717) is 29.0 Å². The molecule has 0 spiro atoms. The van der Waals surface area contributed by atoms with Gasteiger partial charge in [0.25, 0.3) is 0 Å². The van der Waals surface area contributed by atoms with E-state index in [-0.39, 0.29) is 17.3 Å². The number of aliphatic imine (C=N–C) groups is 1. The van der Waals surface area contributed by atoms with Gasteiger partial charge < -0.3 is 18.9 Å². The summed E-state index contributed by atoms with van der Waals surface area (Å²) in [6.07, 6.45) is 1.58. The van der Waals surface area contributed by atoms with Crippen molar-refractivity contribution in [3.63, 3.8) is 0 Å².